The molecule has 0 aliphatic heterocycles. The summed E-state index contributed by atoms with van der Waals surface area (Å²) < 4.78 is 51.6. The minimum atomic E-state index is -4.87. The summed E-state index contributed by atoms with van der Waals surface area (Å²) in [6.07, 6.45) is -4.87. The van der Waals surface area contributed by atoms with E-state index >= 15 is 0 Å². The summed E-state index contributed by atoms with van der Waals surface area (Å²) in [5, 5.41) is 0. The first-order valence-electron chi connectivity index (χ1n) is 3.30. The molecule has 0 unspecified atom stereocenters. The third kappa shape index (κ3) is 2.63. The van der Waals surface area contributed by atoms with Crippen molar-refractivity contribution in [2.24, 2.45) is 0 Å². The average molecular weight is 321 g/mol. The zero-order valence-electron chi connectivity index (χ0n) is 6.53. The normalized spacial score (nSPS) is 11.5. The first-order valence-corrected chi connectivity index (χ1v) is 4.38. The molecule has 0 spiro atoms. The van der Waals surface area contributed by atoms with Crippen LogP contribution in [0.25, 0.3) is 0 Å². The van der Waals surface area contributed by atoms with Gasteiger partial charge < -0.3 is 10.5 Å². The van der Waals surface area contributed by atoms with Crippen LogP contribution in [0.2, 0.25) is 0 Å². The second-order valence-corrected chi connectivity index (χ2v) is 3.41. The predicted molar refractivity (Wildman–Crippen MR) is 50.2 cm³/mol. The molecule has 78 valence electrons. The van der Waals surface area contributed by atoms with Gasteiger partial charge in [-0.2, -0.15) is 0 Å². The number of benzene rings is 1. The van der Waals surface area contributed by atoms with E-state index in [4.69, 9.17) is 5.73 Å². The Balaban J connectivity index is 3.13. The van der Waals surface area contributed by atoms with E-state index in [9.17, 15) is 17.6 Å². The minimum Gasteiger partial charge on any atom is -0.402 e. The van der Waals surface area contributed by atoms with Crippen LogP contribution in [0, 0.1) is 9.39 Å². The lowest BCUT2D eigenvalue weighted by atomic mass is 10.3. The monoisotopic (exact) mass is 321 g/mol. The fourth-order valence-corrected chi connectivity index (χ4v) is 1.37. The Morgan fingerprint density at radius 3 is 2.36 bits per heavy atom. The number of anilines is 1. The van der Waals surface area contributed by atoms with Gasteiger partial charge in [0.25, 0.3) is 0 Å². The highest BCUT2D eigenvalue weighted by Crippen LogP contribution is 2.34. The third-order valence-electron chi connectivity index (χ3n) is 1.30. The van der Waals surface area contributed by atoms with Gasteiger partial charge in [0.05, 0.1) is 9.26 Å². The molecule has 0 aliphatic rings. The molecule has 0 heterocycles. The number of halogens is 5. The largest absolute Gasteiger partial charge is 0.573 e. The van der Waals surface area contributed by atoms with Crippen LogP contribution >= 0.6 is 22.6 Å². The van der Waals surface area contributed by atoms with Gasteiger partial charge in [-0.05, 0) is 34.7 Å². The molecule has 0 saturated carbocycles. The van der Waals surface area contributed by atoms with Crippen LogP contribution < -0.4 is 10.5 Å². The second-order valence-electron chi connectivity index (χ2n) is 2.33. The standard InChI is InChI=1S/C7H4F4INO/c8-3-1-2-4(13)6(5(3)12)14-7(9,10)11/h1-2H,13H2. The van der Waals surface area contributed by atoms with Crippen LogP contribution in [0.3, 0.4) is 0 Å². The van der Waals surface area contributed by atoms with Crippen molar-refractivity contribution in [3.8, 4) is 5.75 Å². The van der Waals surface area contributed by atoms with Crippen molar-refractivity contribution in [3.05, 3.63) is 21.5 Å². The van der Waals surface area contributed by atoms with Crippen molar-refractivity contribution in [2.75, 3.05) is 5.73 Å². The molecule has 1 rings (SSSR count). The summed E-state index contributed by atoms with van der Waals surface area (Å²) in [5.74, 6) is -1.50. The maximum atomic E-state index is 12.8. The molecule has 0 bridgehead atoms. The summed E-state index contributed by atoms with van der Waals surface area (Å²) in [7, 11) is 0. The molecule has 0 fully saturated rings. The SMILES string of the molecule is Nc1ccc(F)c(I)c1OC(F)(F)F. The first-order chi connectivity index (χ1) is 6.31. The Labute approximate surface area is 90.2 Å². The van der Waals surface area contributed by atoms with Crippen LogP contribution in [0.15, 0.2) is 12.1 Å². The molecule has 14 heavy (non-hydrogen) atoms. The van der Waals surface area contributed by atoms with Crippen molar-refractivity contribution >= 4 is 28.3 Å². The Morgan fingerprint density at radius 2 is 1.86 bits per heavy atom. The van der Waals surface area contributed by atoms with E-state index in [1.807, 2.05) is 0 Å². The predicted octanol–water partition coefficient (Wildman–Crippen LogP) is 2.91. The number of hydrogen-bond donors (Lipinski definition) is 1. The molecular formula is C7H4F4INO. The Kier molecular flexibility index (Phi) is 3.07. The number of alkyl halides is 3. The molecule has 0 aromatic heterocycles. The van der Waals surface area contributed by atoms with Crippen LogP contribution in [0.4, 0.5) is 23.2 Å². The summed E-state index contributed by atoms with van der Waals surface area (Å²) in [5.41, 5.74) is 4.94. The topological polar surface area (TPSA) is 35.2 Å². The van der Waals surface area contributed by atoms with E-state index in [-0.39, 0.29) is 9.26 Å². The third-order valence-corrected chi connectivity index (χ3v) is 2.30. The van der Waals surface area contributed by atoms with Gasteiger partial charge in [-0.3, -0.25) is 0 Å². The number of hydrogen-bond acceptors (Lipinski definition) is 2. The van der Waals surface area contributed by atoms with E-state index in [2.05, 4.69) is 4.74 Å². The highest BCUT2D eigenvalue weighted by atomic mass is 127. The van der Waals surface area contributed by atoms with Gasteiger partial charge in [0.1, 0.15) is 5.82 Å². The molecule has 2 N–H and O–H groups in total. The maximum absolute atomic E-state index is 12.8. The van der Waals surface area contributed by atoms with E-state index in [1.54, 1.807) is 0 Å². The van der Waals surface area contributed by atoms with Crippen molar-refractivity contribution in [2.45, 2.75) is 6.36 Å². The molecule has 0 aliphatic carbocycles. The van der Waals surface area contributed by atoms with Gasteiger partial charge in [0.2, 0.25) is 0 Å². The Morgan fingerprint density at radius 1 is 1.29 bits per heavy atom. The van der Waals surface area contributed by atoms with Crippen LogP contribution in [-0.4, -0.2) is 6.36 Å². The van der Waals surface area contributed by atoms with E-state index in [1.165, 1.54) is 22.6 Å². The van der Waals surface area contributed by atoms with Crippen LogP contribution in [-0.2, 0) is 0 Å². The van der Waals surface area contributed by atoms with Gasteiger partial charge in [0, 0.05) is 0 Å². The van der Waals surface area contributed by atoms with Gasteiger partial charge in [-0.15, -0.1) is 13.2 Å². The van der Waals surface area contributed by atoms with Gasteiger partial charge in [0.15, 0.2) is 5.75 Å². The van der Waals surface area contributed by atoms with Crippen molar-refractivity contribution in [1.29, 1.82) is 0 Å². The van der Waals surface area contributed by atoms with E-state index < -0.39 is 17.9 Å². The Bertz CT molecular complexity index is 352. The van der Waals surface area contributed by atoms with Crippen LogP contribution in [0.1, 0.15) is 0 Å². The molecule has 1 aromatic carbocycles. The molecule has 2 nitrogen and oxygen atoms in total. The minimum absolute atomic E-state index is 0.256. The van der Waals surface area contributed by atoms with Gasteiger partial charge >= 0.3 is 6.36 Å². The lowest BCUT2D eigenvalue weighted by Gasteiger charge is -2.12. The summed E-state index contributed by atoms with van der Waals surface area (Å²) >= 11 is 1.39. The fraction of sp³-hybridized carbons (Fsp3) is 0.143. The zero-order valence-corrected chi connectivity index (χ0v) is 8.69. The summed E-state index contributed by atoms with van der Waals surface area (Å²) in [6.45, 7) is 0. The maximum Gasteiger partial charge on any atom is 0.573 e. The first kappa shape index (κ1) is 11.3. The molecule has 0 radical (unpaired) electrons. The smallest absolute Gasteiger partial charge is 0.402 e. The van der Waals surface area contributed by atoms with Crippen molar-refractivity contribution in [3.63, 3.8) is 0 Å². The van der Waals surface area contributed by atoms with Gasteiger partial charge in [-0.25, -0.2) is 4.39 Å². The molecule has 0 saturated heterocycles. The molecule has 0 atom stereocenters. The fourth-order valence-electron chi connectivity index (χ4n) is 0.766. The van der Waals surface area contributed by atoms with Gasteiger partial charge in [-0.1, -0.05) is 0 Å². The van der Waals surface area contributed by atoms with E-state index in [0.29, 0.717) is 0 Å². The highest BCUT2D eigenvalue weighted by molar-refractivity contribution is 14.1. The summed E-state index contributed by atoms with van der Waals surface area (Å²) in [6, 6.07) is 1.99. The van der Waals surface area contributed by atoms with Crippen LogP contribution in [0.5, 0.6) is 5.75 Å². The number of rotatable bonds is 1. The van der Waals surface area contributed by atoms with Crippen molar-refractivity contribution < 1.29 is 22.3 Å². The molecule has 7 heteroatoms. The number of nitrogens with two attached hydrogens (primary N) is 1. The quantitative estimate of drug-likeness (QED) is 0.490. The lowest BCUT2D eigenvalue weighted by molar-refractivity contribution is -0.274. The average Bonchev–Trinajstić information content (AvgIpc) is 2.04. The molecular weight excluding hydrogens is 317 g/mol. The number of nitrogen functional groups attached to an aromatic ring is 1. The van der Waals surface area contributed by atoms with Crippen molar-refractivity contribution in [1.82, 2.24) is 0 Å². The lowest BCUT2D eigenvalue weighted by Crippen LogP contribution is -2.19. The zero-order chi connectivity index (χ0) is 10.9. The molecule has 0 amide bonds. The highest BCUT2D eigenvalue weighted by Gasteiger charge is 2.33. The number of ether oxygens (including phenoxy) is 1. The summed E-state index contributed by atoms with van der Waals surface area (Å²) in [4.78, 5) is 0. The Hall–Kier alpha value is -0.730. The molecule has 1 aromatic rings. The second kappa shape index (κ2) is 3.79. The van der Waals surface area contributed by atoms with E-state index in [0.717, 1.165) is 12.1 Å².